The number of thioether (sulfide) groups is 1. The Kier molecular flexibility index (Phi) is 8.38. The first-order valence-corrected chi connectivity index (χ1v) is 14.9. The summed E-state index contributed by atoms with van der Waals surface area (Å²) in [6, 6.07) is 6.46. The van der Waals surface area contributed by atoms with Crippen molar-refractivity contribution in [3.05, 3.63) is 24.3 Å². The summed E-state index contributed by atoms with van der Waals surface area (Å²) in [5, 5.41) is 13.5. The van der Waals surface area contributed by atoms with Gasteiger partial charge in [-0.15, -0.1) is 11.8 Å². The number of anilines is 2. The average molecular weight is 546 g/mol. The monoisotopic (exact) mass is 545 g/mol. The second-order valence-electron chi connectivity index (χ2n) is 11.1. The van der Waals surface area contributed by atoms with Crippen LogP contribution < -0.4 is 10.2 Å². The number of benzene rings is 1. The summed E-state index contributed by atoms with van der Waals surface area (Å²) in [7, 11) is 0. The maximum atomic E-state index is 14.2. The number of ether oxygens (including phenoxy) is 1. The van der Waals surface area contributed by atoms with Crippen molar-refractivity contribution in [2.45, 2.75) is 82.4 Å². The van der Waals surface area contributed by atoms with Gasteiger partial charge in [0.25, 0.3) is 0 Å². The number of carbonyl (C=O) groups is 3. The molecule has 0 saturated carbocycles. The van der Waals surface area contributed by atoms with Crippen LogP contribution in [0.4, 0.5) is 11.4 Å². The number of hydrogen-bond donors (Lipinski definition) is 2. The lowest BCUT2D eigenvalue weighted by molar-refractivity contribution is -0.155. The van der Waals surface area contributed by atoms with Crippen LogP contribution in [-0.4, -0.2) is 75.7 Å². The summed E-state index contributed by atoms with van der Waals surface area (Å²) in [4.78, 5) is 45.4. The minimum Gasteiger partial charge on any atom is -0.466 e. The third-order valence-electron chi connectivity index (χ3n) is 9.11. The van der Waals surface area contributed by atoms with Gasteiger partial charge in [-0.25, -0.2) is 0 Å². The van der Waals surface area contributed by atoms with E-state index in [2.05, 4.69) is 24.1 Å². The summed E-state index contributed by atoms with van der Waals surface area (Å²) in [5.41, 5.74) is 1.74. The van der Waals surface area contributed by atoms with Gasteiger partial charge in [0.1, 0.15) is 6.04 Å². The molecule has 1 aromatic carbocycles. The predicted molar refractivity (Wildman–Crippen MR) is 151 cm³/mol. The van der Waals surface area contributed by atoms with Gasteiger partial charge in [-0.2, -0.15) is 0 Å². The summed E-state index contributed by atoms with van der Waals surface area (Å²) in [5.74, 6) is -2.11. The van der Waals surface area contributed by atoms with E-state index in [0.717, 1.165) is 31.6 Å². The van der Waals surface area contributed by atoms with Crippen LogP contribution in [-0.2, 0) is 19.1 Å². The molecule has 38 heavy (non-hydrogen) atoms. The van der Waals surface area contributed by atoms with Gasteiger partial charge in [-0.3, -0.25) is 14.4 Å². The van der Waals surface area contributed by atoms with Crippen LogP contribution in [0.2, 0.25) is 0 Å². The Hall–Kier alpha value is -2.26. The van der Waals surface area contributed by atoms with E-state index in [1.165, 1.54) is 0 Å². The minimum atomic E-state index is -0.792. The molecule has 8 nitrogen and oxygen atoms in total. The lowest BCUT2D eigenvalue weighted by Gasteiger charge is -2.39. The molecule has 3 saturated heterocycles. The maximum Gasteiger partial charge on any atom is 0.311 e. The first-order valence-electron chi connectivity index (χ1n) is 14.1. The quantitative estimate of drug-likeness (QED) is 0.407. The van der Waals surface area contributed by atoms with E-state index >= 15 is 0 Å². The van der Waals surface area contributed by atoms with E-state index in [-0.39, 0.29) is 36.9 Å². The van der Waals surface area contributed by atoms with Crippen molar-refractivity contribution < 1.29 is 24.2 Å². The Morgan fingerprint density at radius 3 is 2.39 bits per heavy atom. The summed E-state index contributed by atoms with van der Waals surface area (Å²) >= 11 is 1.62. The number of rotatable bonds is 11. The number of fused-ring (bicyclic) bond motifs is 1. The Morgan fingerprint density at radius 1 is 1.18 bits per heavy atom. The van der Waals surface area contributed by atoms with Gasteiger partial charge < -0.3 is 25.0 Å². The molecule has 0 radical (unpaired) electrons. The molecule has 3 aliphatic rings. The SMILES string of the molecule is CCOC(=O)[C@H]1[C@H]2C(=O)N([C@@H](CO)[C@@H](C)CC)C(C(=O)Nc3ccc(N(CC)CC)cc3)C23CC[C@]1(C)S3. The zero-order chi connectivity index (χ0) is 27.8. The molecule has 2 N–H and O–H groups in total. The Balaban J connectivity index is 1.72. The second kappa shape index (κ2) is 11.1. The first-order chi connectivity index (χ1) is 18.1. The van der Waals surface area contributed by atoms with Crippen LogP contribution >= 0.6 is 11.8 Å². The van der Waals surface area contributed by atoms with Crippen molar-refractivity contribution in [1.82, 2.24) is 4.90 Å². The van der Waals surface area contributed by atoms with E-state index in [1.807, 2.05) is 45.0 Å². The third-order valence-corrected chi connectivity index (χ3v) is 11.1. The molecule has 0 aromatic heterocycles. The van der Waals surface area contributed by atoms with E-state index in [9.17, 15) is 19.5 Å². The topological polar surface area (TPSA) is 99.2 Å². The number of esters is 1. The fourth-order valence-electron chi connectivity index (χ4n) is 6.98. The lowest BCUT2D eigenvalue weighted by atomic mass is 9.66. The Labute approximate surface area is 230 Å². The molecular formula is C29H43N3O5S. The van der Waals surface area contributed by atoms with Gasteiger partial charge in [0.05, 0.1) is 35.8 Å². The summed E-state index contributed by atoms with van der Waals surface area (Å²) < 4.78 is 4.25. The smallest absolute Gasteiger partial charge is 0.311 e. The van der Waals surface area contributed by atoms with Crippen LogP contribution in [0.25, 0.3) is 0 Å². The Morgan fingerprint density at radius 2 is 1.84 bits per heavy atom. The van der Waals surface area contributed by atoms with Gasteiger partial charge in [0, 0.05) is 29.2 Å². The molecule has 2 unspecified atom stereocenters. The molecule has 4 rings (SSSR count). The lowest BCUT2D eigenvalue weighted by Crippen LogP contribution is -2.56. The number of nitrogens with zero attached hydrogens (tertiary/aromatic N) is 2. The van der Waals surface area contributed by atoms with Crippen molar-refractivity contribution in [3.8, 4) is 0 Å². The van der Waals surface area contributed by atoms with Gasteiger partial charge in [0.2, 0.25) is 11.8 Å². The highest BCUT2D eigenvalue weighted by Crippen LogP contribution is 2.71. The zero-order valence-electron chi connectivity index (χ0n) is 23.5. The average Bonchev–Trinajstić information content (AvgIpc) is 3.47. The summed E-state index contributed by atoms with van der Waals surface area (Å²) in [6.07, 6.45) is 2.14. The molecule has 2 bridgehead atoms. The number of aliphatic hydroxyl groups is 1. The largest absolute Gasteiger partial charge is 0.466 e. The summed E-state index contributed by atoms with van der Waals surface area (Å²) in [6.45, 7) is 13.8. The standard InChI is InChI=1S/C29H43N3O5S/c1-7-18(5)21(17-33)32-24(25(34)30-19-11-13-20(14-12-19)31(8-2)9-3)29-16-15-28(6,38-29)23(22(29)26(32)35)27(36)37-10-4/h11-14,18,21-24,33H,7-10,15-17H2,1-6H3,(H,30,34)/t18-,21-,22-,23+,24?,28-,29?/m0/s1. The van der Waals surface area contributed by atoms with Crippen LogP contribution in [0.1, 0.15) is 60.8 Å². The van der Waals surface area contributed by atoms with Crippen LogP contribution in [0.5, 0.6) is 0 Å². The zero-order valence-corrected chi connectivity index (χ0v) is 24.3. The second-order valence-corrected chi connectivity index (χ2v) is 13.0. The van der Waals surface area contributed by atoms with E-state index in [1.54, 1.807) is 23.6 Å². The fraction of sp³-hybridized carbons (Fsp3) is 0.690. The van der Waals surface area contributed by atoms with Crippen molar-refractivity contribution in [2.24, 2.45) is 17.8 Å². The van der Waals surface area contributed by atoms with Crippen LogP contribution in [0.3, 0.4) is 0 Å². The van der Waals surface area contributed by atoms with Crippen molar-refractivity contribution in [1.29, 1.82) is 0 Å². The third kappa shape index (κ3) is 4.49. The molecule has 3 aliphatic heterocycles. The molecule has 2 amide bonds. The van der Waals surface area contributed by atoms with E-state index < -0.39 is 33.4 Å². The number of carbonyl (C=O) groups excluding carboxylic acids is 3. The molecular weight excluding hydrogens is 502 g/mol. The molecule has 210 valence electrons. The van der Waals surface area contributed by atoms with E-state index in [0.29, 0.717) is 12.1 Å². The number of hydrogen-bond acceptors (Lipinski definition) is 7. The fourth-order valence-corrected chi connectivity index (χ4v) is 9.31. The molecule has 7 atom stereocenters. The van der Waals surface area contributed by atoms with Gasteiger partial charge >= 0.3 is 5.97 Å². The number of nitrogens with one attached hydrogen (secondary N) is 1. The van der Waals surface area contributed by atoms with Crippen LogP contribution in [0.15, 0.2) is 24.3 Å². The number of likely N-dealkylation sites (tertiary alicyclic amines) is 1. The first kappa shape index (κ1) is 28.7. The highest BCUT2D eigenvalue weighted by molar-refractivity contribution is 8.02. The molecule has 1 spiro atoms. The molecule has 3 fully saturated rings. The van der Waals surface area contributed by atoms with Gasteiger partial charge in [-0.05, 0) is 70.7 Å². The molecule has 9 heteroatoms. The maximum absolute atomic E-state index is 14.2. The number of amides is 2. The normalized spacial score (nSPS) is 31.2. The molecule has 3 heterocycles. The number of aliphatic hydroxyl groups excluding tert-OH is 1. The van der Waals surface area contributed by atoms with Crippen molar-refractivity contribution >= 4 is 40.9 Å². The predicted octanol–water partition coefficient (Wildman–Crippen LogP) is 3.92. The van der Waals surface area contributed by atoms with Crippen molar-refractivity contribution in [2.75, 3.05) is 36.5 Å². The van der Waals surface area contributed by atoms with Crippen LogP contribution in [0, 0.1) is 17.8 Å². The molecule has 0 aliphatic carbocycles. The Bertz CT molecular complexity index is 1050. The van der Waals surface area contributed by atoms with E-state index in [4.69, 9.17) is 4.74 Å². The minimum absolute atomic E-state index is 0.0124. The van der Waals surface area contributed by atoms with Gasteiger partial charge in [-0.1, -0.05) is 20.3 Å². The highest BCUT2D eigenvalue weighted by atomic mass is 32.2. The van der Waals surface area contributed by atoms with Gasteiger partial charge in [0.15, 0.2) is 0 Å². The molecule has 1 aromatic rings. The highest BCUT2D eigenvalue weighted by Gasteiger charge is 2.78. The van der Waals surface area contributed by atoms with Crippen molar-refractivity contribution in [3.63, 3.8) is 0 Å².